The lowest BCUT2D eigenvalue weighted by molar-refractivity contribution is -0.342. The predicted octanol–water partition coefficient (Wildman–Crippen LogP) is 0.150. The van der Waals surface area contributed by atoms with Gasteiger partial charge < -0.3 is 5.73 Å². The van der Waals surface area contributed by atoms with Gasteiger partial charge in [0.15, 0.2) is 0 Å². The van der Waals surface area contributed by atoms with Crippen LogP contribution >= 0.6 is 0 Å². The van der Waals surface area contributed by atoms with Crippen LogP contribution in [0.15, 0.2) is 0 Å². The number of unbranched alkanes of at least 4 members (excludes halogenated alkanes) is 1. The van der Waals surface area contributed by atoms with Crippen molar-refractivity contribution in [1.29, 1.82) is 0 Å². The number of hydrogen-bond acceptors (Lipinski definition) is 4. The van der Waals surface area contributed by atoms with Crippen LogP contribution in [-0.2, 0) is 9.68 Å². The maximum Gasteiger partial charge on any atom is 0.0601 e. The smallest absolute Gasteiger partial charge is 0.0601 e. The summed E-state index contributed by atoms with van der Waals surface area (Å²) in [5.41, 5.74) is 5.30. The van der Waals surface area contributed by atoms with Crippen LogP contribution in [0.4, 0.5) is 0 Å². The molecular weight excluding hydrogens is 132 g/mol. The van der Waals surface area contributed by atoms with Gasteiger partial charge in [0.1, 0.15) is 0 Å². The van der Waals surface area contributed by atoms with E-state index >= 15 is 0 Å². The molecule has 0 saturated heterocycles. The largest absolute Gasteiger partial charge is 0.330 e. The van der Waals surface area contributed by atoms with Gasteiger partial charge in [-0.2, -0.15) is 0 Å². The maximum absolute atomic E-state index is 5.30. The lowest BCUT2D eigenvalue weighted by Crippen LogP contribution is -2.22. The highest BCUT2D eigenvalue weighted by molar-refractivity contribution is 4.40. The van der Waals surface area contributed by atoms with Crippen molar-refractivity contribution in [2.45, 2.75) is 12.8 Å². The summed E-state index contributed by atoms with van der Waals surface area (Å²) in [6, 6.07) is 0. The van der Waals surface area contributed by atoms with E-state index in [2.05, 4.69) is 0 Å². The Balaban J connectivity index is 3.09. The summed E-state index contributed by atoms with van der Waals surface area (Å²) in [7, 11) is 3.15. The van der Waals surface area contributed by atoms with E-state index < -0.39 is 0 Å². The molecule has 62 valence electrons. The van der Waals surface area contributed by atoms with E-state index in [9.17, 15) is 0 Å². The minimum absolute atomic E-state index is 0.723. The molecule has 0 aliphatic carbocycles. The summed E-state index contributed by atoms with van der Waals surface area (Å²) in [5, 5.41) is 1.43. The van der Waals surface area contributed by atoms with E-state index in [4.69, 9.17) is 15.4 Å². The molecule has 2 N–H and O–H groups in total. The van der Waals surface area contributed by atoms with Crippen molar-refractivity contribution in [3.63, 3.8) is 0 Å². The standard InChI is InChI=1S/C6H16N2O2/c1-9-8(10-2)6-4-3-5-7/h3-7H2,1-2H3. The van der Waals surface area contributed by atoms with Gasteiger partial charge >= 0.3 is 0 Å². The zero-order valence-corrected chi connectivity index (χ0v) is 6.67. The van der Waals surface area contributed by atoms with E-state index in [1.165, 1.54) is 5.23 Å². The van der Waals surface area contributed by atoms with Crippen LogP contribution < -0.4 is 5.73 Å². The van der Waals surface area contributed by atoms with Gasteiger partial charge in [-0.1, -0.05) is 5.23 Å². The van der Waals surface area contributed by atoms with Crippen LogP contribution in [0.25, 0.3) is 0 Å². The van der Waals surface area contributed by atoms with Gasteiger partial charge in [-0.05, 0) is 19.4 Å². The van der Waals surface area contributed by atoms with E-state index in [0.717, 1.165) is 25.9 Å². The molecule has 10 heavy (non-hydrogen) atoms. The SMILES string of the molecule is CON(CCCCN)OC. The topological polar surface area (TPSA) is 47.7 Å². The second-order valence-electron chi connectivity index (χ2n) is 1.92. The third-order valence-electron chi connectivity index (χ3n) is 1.20. The molecule has 0 unspecified atom stereocenters. The minimum Gasteiger partial charge on any atom is -0.330 e. The van der Waals surface area contributed by atoms with Crippen molar-refractivity contribution in [2.75, 3.05) is 27.3 Å². The van der Waals surface area contributed by atoms with Crippen LogP contribution in [0.3, 0.4) is 0 Å². The Morgan fingerprint density at radius 2 is 1.80 bits per heavy atom. The van der Waals surface area contributed by atoms with E-state index in [0.29, 0.717) is 0 Å². The van der Waals surface area contributed by atoms with Crippen molar-refractivity contribution in [2.24, 2.45) is 5.73 Å². The summed E-state index contributed by atoms with van der Waals surface area (Å²) < 4.78 is 0. The molecule has 0 aliphatic heterocycles. The molecule has 4 nitrogen and oxygen atoms in total. The van der Waals surface area contributed by atoms with Crippen LogP contribution in [0.5, 0.6) is 0 Å². The lowest BCUT2D eigenvalue weighted by atomic mass is 10.3. The van der Waals surface area contributed by atoms with Gasteiger partial charge in [-0.25, -0.2) is 0 Å². The molecule has 0 rings (SSSR count). The first-order chi connectivity index (χ1) is 4.85. The van der Waals surface area contributed by atoms with Gasteiger partial charge in [0.2, 0.25) is 0 Å². The second kappa shape index (κ2) is 6.95. The third-order valence-corrected chi connectivity index (χ3v) is 1.20. The van der Waals surface area contributed by atoms with Crippen molar-refractivity contribution in [3.8, 4) is 0 Å². The lowest BCUT2D eigenvalue weighted by Gasteiger charge is -2.15. The predicted molar refractivity (Wildman–Crippen MR) is 39.0 cm³/mol. The molecule has 0 bridgehead atoms. The highest BCUT2D eigenvalue weighted by Gasteiger charge is 1.98. The Morgan fingerprint density at radius 3 is 2.20 bits per heavy atom. The highest BCUT2D eigenvalue weighted by Crippen LogP contribution is 1.93. The Morgan fingerprint density at radius 1 is 1.20 bits per heavy atom. The summed E-state index contributed by atoms with van der Waals surface area (Å²) in [6.45, 7) is 1.49. The quantitative estimate of drug-likeness (QED) is 0.430. The Kier molecular flexibility index (Phi) is 6.84. The molecule has 0 fully saturated rings. The van der Waals surface area contributed by atoms with Gasteiger partial charge in [0, 0.05) is 0 Å². The third kappa shape index (κ3) is 4.69. The van der Waals surface area contributed by atoms with Crippen LogP contribution in [0, 0.1) is 0 Å². The molecule has 0 aromatic heterocycles. The van der Waals surface area contributed by atoms with Crippen molar-refractivity contribution < 1.29 is 9.68 Å². The van der Waals surface area contributed by atoms with E-state index in [1.54, 1.807) is 14.2 Å². The number of hydrogen-bond donors (Lipinski definition) is 1. The fourth-order valence-corrected chi connectivity index (χ4v) is 0.642. The normalized spacial score (nSPS) is 10.8. The zero-order valence-electron chi connectivity index (χ0n) is 6.67. The molecular formula is C6H16N2O2. The van der Waals surface area contributed by atoms with Crippen molar-refractivity contribution >= 4 is 0 Å². The van der Waals surface area contributed by atoms with Gasteiger partial charge in [0.05, 0.1) is 20.8 Å². The van der Waals surface area contributed by atoms with Crippen LogP contribution in [0.1, 0.15) is 12.8 Å². The maximum atomic E-state index is 5.30. The summed E-state index contributed by atoms with van der Waals surface area (Å²) >= 11 is 0. The first-order valence-corrected chi connectivity index (χ1v) is 3.41. The van der Waals surface area contributed by atoms with Crippen LogP contribution in [0.2, 0.25) is 0 Å². The molecule has 4 heteroatoms. The fraction of sp³-hybridized carbons (Fsp3) is 1.00. The van der Waals surface area contributed by atoms with Gasteiger partial charge in [-0.15, -0.1) is 0 Å². The number of hydroxylamine groups is 2. The molecule has 0 atom stereocenters. The molecule has 0 amide bonds. The summed E-state index contributed by atoms with van der Waals surface area (Å²) in [4.78, 5) is 9.63. The molecule has 0 heterocycles. The Hall–Kier alpha value is -0.160. The van der Waals surface area contributed by atoms with Crippen LogP contribution in [-0.4, -0.2) is 32.5 Å². The summed E-state index contributed by atoms with van der Waals surface area (Å²) in [6.07, 6.45) is 2.00. The van der Waals surface area contributed by atoms with E-state index in [-0.39, 0.29) is 0 Å². The Labute approximate surface area is 61.8 Å². The molecule has 0 spiro atoms. The molecule has 0 aromatic rings. The molecule has 0 aromatic carbocycles. The van der Waals surface area contributed by atoms with Crippen molar-refractivity contribution in [1.82, 2.24) is 5.23 Å². The molecule has 0 radical (unpaired) electrons. The highest BCUT2D eigenvalue weighted by atomic mass is 16.9. The molecule has 0 aliphatic rings. The minimum atomic E-state index is 0.723. The van der Waals surface area contributed by atoms with Crippen molar-refractivity contribution in [3.05, 3.63) is 0 Å². The van der Waals surface area contributed by atoms with Gasteiger partial charge in [-0.3, -0.25) is 9.68 Å². The second-order valence-corrected chi connectivity index (χ2v) is 1.92. The number of nitrogens with zero attached hydrogens (tertiary/aromatic N) is 1. The first kappa shape index (κ1) is 9.84. The summed E-state index contributed by atoms with van der Waals surface area (Å²) in [5.74, 6) is 0. The number of nitrogens with two attached hydrogens (primary N) is 1. The zero-order chi connectivity index (χ0) is 7.82. The van der Waals surface area contributed by atoms with E-state index in [1.807, 2.05) is 0 Å². The fourth-order valence-electron chi connectivity index (χ4n) is 0.642. The number of rotatable bonds is 6. The monoisotopic (exact) mass is 148 g/mol. The van der Waals surface area contributed by atoms with Gasteiger partial charge in [0.25, 0.3) is 0 Å². The Bertz CT molecular complexity index is 66.8. The average molecular weight is 148 g/mol. The molecule has 0 saturated carbocycles. The average Bonchev–Trinajstić information content (AvgIpc) is 1.99. The first-order valence-electron chi connectivity index (χ1n) is 3.41.